The number of rotatable bonds is 7. The summed E-state index contributed by atoms with van der Waals surface area (Å²) < 4.78 is 5.86. The van der Waals surface area contributed by atoms with E-state index >= 15 is 0 Å². The number of nitriles is 1. The molecule has 0 N–H and O–H groups in total. The molecule has 3 heteroatoms. The highest BCUT2D eigenvalue weighted by molar-refractivity contribution is 6.01. The van der Waals surface area contributed by atoms with E-state index in [1.165, 1.54) is 0 Å². The molecule has 1 unspecified atom stereocenters. The standard InChI is InChI=1S/C19H25NO2/c1-6-14(4)16(18(21)10-11-20)12-17-15(5)8-7-9-19(17)22-13(2)3/h7-9,12-14H,6,10H2,1-5H3/b16-12+. The van der Waals surface area contributed by atoms with Crippen LogP contribution in [0, 0.1) is 24.2 Å². The number of carbonyl (C=O) groups is 1. The number of aryl methyl sites for hydroxylation is 1. The summed E-state index contributed by atoms with van der Waals surface area (Å²) in [6.07, 6.45) is 2.74. The fourth-order valence-corrected chi connectivity index (χ4v) is 2.24. The molecule has 1 aromatic rings. The van der Waals surface area contributed by atoms with Crippen LogP contribution in [0.3, 0.4) is 0 Å². The molecule has 0 amide bonds. The monoisotopic (exact) mass is 299 g/mol. The van der Waals surface area contributed by atoms with Gasteiger partial charge in [0, 0.05) is 5.56 Å². The van der Waals surface area contributed by atoms with Crippen LogP contribution in [0.1, 0.15) is 51.7 Å². The van der Waals surface area contributed by atoms with Crippen LogP contribution < -0.4 is 4.74 Å². The number of ether oxygens (including phenoxy) is 1. The number of hydrogen-bond donors (Lipinski definition) is 0. The van der Waals surface area contributed by atoms with Crippen LogP contribution in [0.5, 0.6) is 5.75 Å². The second kappa shape index (κ2) is 8.38. The third kappa shape index (κ3) is 4.73. The van der Waals surface area contributed by atoms with Gasteiger partial charge < -0.3 is 4.74 Å². The number of carbonyl (C=O) groups excluding carboxylic acids is 1. The van der Waals surface area contributed by atoms with Gasteiger partial charge in [-0.15, -0.1) is 0 Å². The predicted octanol–water partition coefficient (Wildman–Crippen LogP) is 4.69. The maximum absolute atomic E-state index is 12.3. The first-order valence-electron chi connectivity index (χ1n) is 7.78. The van der Waals surface area contributed by atoms with Gasteiger partial charge in [0.05, 0.1) is 18.6 Å². The smallest absolute Gasteiger partial charge is 0.173 e. The number of nitrogens with zero attached hydrogens (tertiary/aromatic N) is 1. The number of allylic oxidation sites excluding steroid dienone is 1. The quantitative estimate of drug-likeness (QED) is 0.686. The van der Waals surface area contributed by atoms with Crippen molar-refractivity contribution in [2.45, 2.75) is 53.6 Å². The Kier molecular flexibility index (Phi) is 6.85. The average molecular weight is 299 g/mol. The van der Waals surface area contributed by atoms with Crippen molar-refractivity contribution in [2.75, 3.05) is 0 Å². The van der Waals surface area contributed by atoms with Crippen molar-refractivity contribution in [3.8, 4) is 11.8 Å². The molecule has 0 heterocycles. The van der Waals surface area contributed by atoms with E-state index in [-0.39, 0.29) is 24.2 Å². The predicted molar refractivity (Wildman–Crippen MR) is 89.6 cm³/mol. The molecule has 118 valence electrons. The van der Waals surface area contributed by atoms with Crippen molar-refractivity contribution in [2.24, 2.45) is 5.92 Å². The zero-order valence-electron chi connectivity index (χ0n) is 14.1. The lowest BCUT2D eigenvalue weighted by Gasteiger charge is -2.17. The van der Waals surface area contributed by atoms with E-state index in [1.54, 1.807) is 0 Å². The molecule has 3 nitrogen and oxygen atoms in total. The van der Waals surface area contributed by atoms with Gasteiger partial charge in [0.1, 0.15) is 5.75 Å². The third-order valence-corrected chi connectivity index (χ3v) is 3.65. The van der Waals surface area contributed by atoms with Gasteiger partial charge in [-0.1, -0.05) is 26.0 Å². The first kappa shape index (κ1) is 18.0. The topological polar surface area (TPSA) is 50.1 Å². The zero-order chi connectivity index (χ0) is 16.7. The van der Waals surface area contributed by atoms with Gasteiger partial charge in [-0.25, -0.2) is 0 Å². The molecule has 0 aliphatic heterocycles. The highest BCUT2D eigenvalue weighted by Crippen LogP contribution is 2.29. The van der Waals surface area contributed by atoms with Gasteiger partial charge in [-0.2, -0.15) is 5.26 Å². The number of ketones is 1. The second-order valence-electron chi connectivity index (χ2n) is 5.82. The fourth-order valence-electron chi connectivity index (χ4n) is 2.24. The van der Waals surface area contributed by atoms with Crippen molar-refractivity contribution in [3.05, 3.63) is 34.9 Å². The Hall–Kier alpha value is -2.08. The number of Topliss-reactive ketones (excluding diaryl/α,β-unsaturated/α-hetero) is 1. The SMILES string of the molecule is CCC(C)/C(=C\c1c(C)cccc1OC(C)C)C(=O)CC#N. The van der Waals surface area contributed by atoms with Crippen molar-refractivity contribution >= 4 is 11.9 Å². The molecule has 22 heavy (non-hydrogen) atoms. The van der Waals surface area contributed by atoms with Gasteiger partial charge >= 0.3 is 0 Å². The van der Waals surface area contributed by atoms with Crippen molar-refractivity contribution in [1.82, 2.24) is 0 Å². The van der Waals surface area contributed by atoms with Crippen LogP contribution in [0.4, 0.5) is 0 Å². The molecular weight excluding hydrogens is 274 g/mol. The van der Waals surface area contributed by atoms with Crippen LogP contribution in [-0.2, 0) is 4.79 Å². The van der Waals surface area contributed by atoms with E-state index in [9.17, 15) is 4.79 Å². The van der Waals surface area contributed by atoms with Crippen molar-refractivity contribution < 1.29 is 9.53 Å². The Balaban J connectivity index is 3.36. The van der Waals surface area contributed by atoms with Crippen LogP contribution in [0.25, 0.3) is 6.08 Å². The molecule has 0 saturated carbocycles. The lowest BCUT2D eigenvalue weighted by molar-refractivity contribution is -0.115. The molecule has 0 radical (unpaired) electrons. The summed E-state index contributed by atoms with van der Waals surface area (Å²) in [6.45, 7) is 10.0. The minimum atomic E-state index is -0.101. The summed E-state index contributed by atoms with van der Waals surface area (Å²) in [4.78, 5) is 12.3. The summed E-state index contributed by atoms with van der Waals surface area (Å²) in [7, 11) is 0. The lowest BCUT2D eigenvalue weighted by Crippen LogP contribution is -2.11. The molecule has 1 rings (SSSR count). The van der Waals surface area contributed by atoms with Crippen LogP contribution in [-0.4, -0.2) is 11.9 Å². The second-order valence-corrected chi connectivity index (χ2v) is 5.82. The van der Waals surface area contributed by atoms with E-state index in [1.807, 2.05) is 65.0 Å². The molecule has 0 bridgehead atoms. The molecule has 0 fully saturated rings. The van der Waals surface area contributed by atoms with Crippen LogP contribution >= 0.6 is 0 Å². The van der Waals surface area contributed by atoms with E-state index in [0.29, 0.717) is 5.57 Å². The maximum atomic E-state index is 12.3. The first-order valence-corrected chi connectivity index (χ1v) is 7.78. The Morgan fingerprint density at radius 2 is 2.05 bits per heavy atom. The molecule has 1 atom stereocenters. The largest absolute Gasteiger partial charge is 0.490 e. The summed E-state index contributed by atoms with van der Waals surface area (Å²) in [6, 6.07) is 7.82. The molecule has 0 spiro atoms. The average Bonchev–Trinajstić information content (AvgIpc) is 2.45. The highest BCUT2D eigenvalue weighted by Gasteiger charge is 2.17. The van der Waals surface area contributed by atoms with Crippen LogP contribution in [0.15, 0.2) is 23.8 Å². The summed E-state index contributed by atoms with van der Waals surface area (Å²) in [5, 5.41) is 8.81. The number of benzene rings is 1. The van der Waals surface area contributed by atoms with Gasteiger partial charge in [0.15, 0.2) is 5.78 Å². The third-order valence-electron chi connectivity index (χ3n) is 3.65. The molecule has 0 aliphatic carbocycles. The summed E-state index contributed by atoms with van der Waals surface area (Å²) >= 11 is 0. The molecule has 1 aromatic carbocycles. The minimum absolute atomic E-state index is 0.0656. The molecule has 0 saturated heterocycles. The molecule has 0 aliphatic rings. The van der Waals surface area contributed by atoms with Crippen molar-refractivity contribution in [3.63, 3.8) is 0 Å². The van der Waals surface area contributed by atoms with E-state index in [0.717, 1.165) is 23.3 Å². The molecular formula is C19H25NO2. The molecule has 0 aromatic heterocycles. The summed E-state index contributed by atoms with van der Waals surface area (Å²) in [5.41, 5.74) is 2.69. The van der Waals surface area contributed by atoms with Gasteiger partial charge in [0.2, 0.25) is 0 Å². The van der Waals surface area contributed by atoms with Gasteiger partial charge in [-0.05, 0) is 56.4 Å². The Labute approximate surface area is 133 Å². The van der Waals surface area contributed by atoms with Crippen molar-refractivity contribution in [1.29, 1.82) is 5.26 Å². The Morgan fingerprint density at radius 3 is 2.59 bits per heavy atom. The highest BCUT2D eigenvalue weighted by atomic mass is 16.5. The minimum Gasteiger partial charge on any atom is -0.490 e. The fraction of sp³-hybridized carbons (Fsp3) is 0.474. The van der Waals surface area contributed by atoms with Gasteiger partial charge in [-0.3, -0.25) is 4.79 Å². The normalized spacial score (nSPS) is 12.9. The maximum Gasteiger partial charge on any atom is 0.173 e. The number of hydrogen-bond acceptors (Lipinski definition) is 3. The zero-order valence-corrected chi connectivity index (χ0v) is 14.1. The lowest BCUT2D eigenvalue weighted by atomic mass is 9.90. The van der Waals surface area contributed by atoms with E-state index < -0.39 is 0 Å². The Bertz CT molecular complexity index is 594. The van der Waals surface area contributed by atoms with E-state index in [4.69, 9.17) is 10.00 Å². The Morgan fingerprint density at radius 1 is 1.36 bits per heavy atom. The van der Waals surface area contributed by atoms with Gasteiger partial charge in [0.25, 0.3) is 0 Å². The summed E-state index contributed by atoms with van der Waals surface area (Å²) in [5.74, 6) is 0.795. The van der Waals surface area contributed by atoms with E-state index in [2.05, 4.69) is 0 Å². The van der Waals surface area contributed by atoms with Crippen LogP contribution in [0.2, 0.25) is 0 Å². The first-order chi connectivity index (χ1) is 10.4.